The van der Waals surface area contributed by atoms with Crippen LogP contribution in [0.5, 0.6) is 11.5 Å². The van der Waals surface area contributed by atoms with E-state index in [1.54, 1.807) is 36.4 Å². The number of ether oxygens (including phenoxy) is 1. The molecular formula is C21H12FN3O4S. The molecule has 3 heterocycles. The topological polar surface area (TPSA) is 91.8 Å². The van der Waals surface area contributed by atoms with Gasteiger partial charge in [0.25, 0.3) is 0 Å². The van der Waals surface area contributed by atoms with Gasteiger partial charge in [0.15, 0.2) is 5.82 Å². The lowest BCUT2D eigenvalue weighted by atomic mass is 10.1. The lowest BCUT2D eigenvalue weighted by Crippen LogP contribution is -2.34. The fourth-order valence-electron chi connectivity index (χ4n) is 3.33. The Bertz CT molecular complexity index is 1320. The minimum absolute atomic E-state index is 0.00846. The summed E-state index contributed by atoms with van der Waals surface area (Å²) in [7, 11) is 0. The molecule has 0 bridgehead atoms. The van der Waals surface area contributed by atoms with Gasteiger partial charge in [0.05, 0.1) is 22.4 Å². The maximum absolute atomic E-state index is 15.0. The summed E-state index contributed by atoms with van der Waals surface area (Å²) >= 11 is 0.952. The molecule has 0 atom stereocenters. The first-order chi connectivity index (χ1) is 14.5. The van der Waals surface area contributed by atoms with Crippen LogP contribution in [0.15, 0.2) is 60.8 Å². The van der Waals surface area contributed by atoms with Gasteiger partial charge in [-0.05, 0) is 30.3 Å². The third kappa shape index (κ3) is 2.83. The monoisotopic (exact) mass is 421 g/mol. The second-order valence-electron chi connectivity index (χ2n) is 6.42. The van der Waals surface area contributed by atoms with Crippen molar-refractivity contribution in [1.82, 2.24) is 4.98 Å². The quantitative estimate of drug-likeness (QED) is 0.447. The molecule has 0 radical (unpaired) electrons. The highest BCUT2D eigenvalue weighted by Crippen LogP contribution is 2.46. The highest BCUT2D eigenvalue weighted by Gasteiger charge is 2.33. The zero-order valence-electron chi connectivity index (χ0n) is 15.1. The SMILES string of the molecule is O=C(O)c1sc2nccc3c2c1NC(=O)N3c1ccc(Oc2ccccc2)cc1F. The number of hydrogen-bond donors (Lipinski definition) is 2. The average Bonchev–Trinajstić information content (AvgIpc) is 3.10. The highest BCUT2D eigenvalue weighted by atomic mass is 32.1. The summed E-state index contributed by atoms with van der Waals surface area (Å²) < 4.78 is 20.6. The number of halogens is 1. The molecule has 5 rings (SSSR count). The van der Waals surface area contributed by atoms with E-state index in [0.29, 0.717) is 21.7 Å². The molecule has 9 heteroatoms. The maximum Gasteiger partial charge on any atom is 0.348 e. The molecule has 30 heavy (non-hydrogen) atoms. The van der Waals surface area contributed by atoms with Gasteiger partial charge in [0, 0.05) is 12.3 Å². The third-order valence-corrected chi connectivity index (χ3v) is 5.66. The Labute approximate surface area is 173 Å². The van der Waals surface area contributed by atoms with Crippen molar-refractivity contribution in [3.8, 4) is 11.5 Å². The molecule has 0 aliphatic carbocycles. The van der Waals surface area contributed by atoms with Gasteiger partial charge in [-0.2, -0.15) is 0 Å². The molecule has 0 unspecified atom stereocenters. The van der Waals surface area contributed by atoms with Gasteiger partial charge in [0.1, 0.15) is 21.2 Å². The smallest absolute Gasteiger partial charge is 0.348 e. The van der Waals surface area contributed by atoms with Crippen LogP contribution in [0.4, 0.5) is 26.2 Å². The first kappa shape index (κ1) is 18.1. The lowest BCUT2D eigenvalue weighted by molar-refractivity contribution is 0.0703. The van der Waals surface area contributed by atoms with E-state index >= 15 is 0 Å². The van der Waals surface area contributed by atoms with Crippen molar-refractivity contribution in [2.75, 3.05) is 10.2 Å². The van der Waals surface area contributed by atoms with Crippen molar-refractivity contribution in [2.24, 2.45) is 0 Å². The number of anilines is 3. The number of aromatic nitrogens is 1. The zero-order chi connectivity index (χ0) is 20.8. The second-order valence-corrected chi connectivity index (χ2v) is 7.41. The minimum Gasteiger partial charge on any atom is -0.477 e. The number of rotatable bonds is 4. The Kier molecular flexibility index (Phi) is 4.11. The predicted octanol–water partition coefficient (Wildman–Crippen LogP) is 5.61. The number of aromatic carboxylic acids is 1. The molecule has 1 aliphatic heterocycles. The van der Waals surface area contributed by atoms with Crippen LogP contribution in [0, 0.1) is 5.82 Å². The van der Waals surface area contributed by atoms with E-state index < -0.39 is 17.8 Å². The number of pyridine rings is 1. The Hall–Kier alpha value is -3.98. The van der Waals surface area contributed by atoms with Crippen LogP contribution in [0.25, 0.3) is 10.2 Å². The molecular weight excluding hydrogens is 409 g/mol. The summed E-state index contributed by atoms with van der Waals surface area (Å²) in [5, 5.41) is 12.4. The van der Waals surface area contributed by atoms with E-state index in [-0.39, 0.29) is 22.0 Å². The summed E-state index contributed by atoms with van der Waals surface area (Å²) in [6.45, 7) is 0. The molecule has 0 saturated heterocycles. The number of carbonyl (C=O) groups is 2. The number of carboxylic acids is 1. The summed E-state index contributed by atoms with van der Waals surface area (Å²) in [6.07, 6.45) is 1.46. The number of nitrogens with zero attached hydrogens (tertiary/aromatic N) is 2. The van der Waals surface area contributed by atoms with Crippen molar-refractivity contribution in [3.63, 3.8) is 0 Å². The van der Waals surface area contributed by atoms with Crippen LogP contribution in [-0.2, 0) is 0 Å². The Balaban J connectivity index is 1.59. The largest absolute Gasteiger partial charge is 0.477 e. The molecule has 1 aliphatic rings. The van der Waals surface area contributed by atoms with Gasteiger partial charge >= 0.3 is 12.0 Å². The van der Waals surface area contributed by atoms with Crippen LogP contribution >= 0.6 is 11.3 Å². The number of benzene rings is 2. The van der Waals surface area contributed by atoms with Crippen LogP contribution in [0.1, 0.15) is 9.67 Å². The molecule has 0 fully saturated rings. The molecule has 2 N–H and O–H groups in total. The minimum atomic E-state index is -1.17. The molecule has 2 aromatic carbocycles. The molecule has 148 valence electrons. The normalized spacial score (nSPS) is 12.7. The van der Waals surface area contributed by atoms with Crippen LogP contribution in [0.2, 0.25) is 0 Å². The molecule has 0 saturated carbocycles. The van der Waals surface area contributed by atoms with Crippen LogP contribution < -0.4 is 15.0 Å². The number of hydrogen-bond acceptors (Lipinski definition) is 5. The number of nitrogens with one attached hydrogen (secondary N) is 1. The number of thiophene rings is 1. The predicted molar refractivity (Wildman–Crippen MR) is 111 cm³/mol. The van der Waals surface area contributed by atoms with E-state index in [2.05, 4.69) is 10.3 Å². The van der Waals surface area contributed by atoms with E-state index in [0.717, 1.165) is 16.2 Å². The van der Waals surface area contributed by atoms with Crippen LogP contribution in [0.3, 0.4) is 0 Å². The average molecular weight is 421 g/mol. The number of urea groups is 1. The summed E-state index contributed by atoms with van der Waals surface area (Å²) in [5.74, 6) is -0.994. The molecule has 2 aromatic heterocycles. The highest BCUT2D eigenvalue weighted by molar-refractivity contribution is 7.21. The van der Waals surface area contributed by atoms with Crippen molar-refractivity contribution in [1.29, 1.82) is 0 Å². The van der Waals surface area contributed by atoms with Gasteiger partial charge in [0.2, 0.25) is 0 Å². The molecule has 0 spiro atoms. The number of carbonyl (C=O) groups excluding carboxylic acids is 1. The maximum atomic E-state index is 15.0. The number of carboxylic acid groups (broad SMARTS) is 1. The Morgan fingerprint density at radius 1 is 1.10 bits per heavy atom. The Morgan fingerprint density at radius 2 is 1.90 bits per heavy atom. The van der Waals surface area contributed by atoms with Gasteiger partial charge < -0.3 is 15.2 Å². The van der Waals surface area contributed by atoms with Crippen molar-refractivity contribution < 1.29 is 23.8 Å². The first-order valence-corrected chi connectivity index (χ1v) is 9.63. The van der Waals surface area contributed by atoms with Gasteiger partial charge in [-0.3, -0.25) is 4.90 Å². The molecule has 7 nitrogen and oxygen atoms in total. The fourth-order valence-corrected chi connectivity index (χ4v) is 4.29. The summed E-state index contributed by atoms with van der Waals surface area (Å²) in [4.78, 5) is 30.1. The molecule has 4 aromatic rings. The Morgan fingerprint density at radius 3 is 2.63 bits per heavy atom. The fraction of sp³-hybridized carbons (Fsp3) is 0. The van der Waals surface area contributed by atoms with Crippen molar-refractivity contribution >= 4 is 50.6 Å². The van der Waals surface area contributed by atoms with Crippen LogP contribution in [-0.4, -0.2) is 22.1 Å². The first-order valence-electron chi connectivity index (χ1n) is 8.81. The third-order valence-electron chi connectivity index (χ3n) is 4.58. The summed E-state index contributed by atoms with van der Waals surface area (Å²) in [6, 6.07) is 14.0. The van der Waals surface area contributed by atoms with Crippen molar-refractivity contribution in [2.45, 2.75) is 0 Å². The van der Waals surface area contributed by atoms with E-state index in [1.165, 1.54) is 18.3 Å². The standard InChI is InChI=1S/C21H12FN3O4S/c22-13-10-12(29-11-4-2-1-3-5-11)6-7-14(13)25-15-8-9-23-19-16(15)17(24-21(25)28)18(30-19)20(26)27/h1-10H,(H,24,28)(H,26,27). The van der Waals surface area contributed by atoms with Gasteiger partial charge in [-0.1, -0.05) is 18.2 Å². The van der Waals surface area contributed by atoms with Crippen molar-refractivity contribution in [3.05, 3.63) is 71.5 Å². The lowest BCUT2D eigenvalue weighted by Gasteiger charge is -2.28. The number of para-hydroxylation sites is 1. The zero-order valence-corrected chi connectivity index (χ0v) is 15.9. The molecule has 2 amide bonds. The van der Waals surface area contributed by atoms with Gasteiger partial charge in [-0.25, -0.2) is 19.0 Å². The van der Waals surface area contributed by atoms with E-state index in [4.69, 9.17) is 4.74 Å². The summed E-state index contributed by atoms with van der Waals surface area (Å²) in [5.41, 5.74) is 0.545. The van der Waals surface area contributed by atoms with E-state index in [1.807, 2.05) is 6.07 Å². The second kappa shape index (κ2) is 6.82. The number of amides is 2. The van der Waals surface area contributed by atoms with E-state index in [9.17, 15) is 19.1 Å². The van der Waals surface area contributed by atoms with Gasteiger partial charge in [-0.15, -0.1) is 11.3 Å².